The predicted octanol–water partition coefficient (Wildman–Crippen LogP) is 2.40. The fourth-order valence-electron chi connectivity index (χ4n) is 2.19. The highest BCUT2D eigenvalue weighted by Gasteiger charge is 2.24. The molecule has 0 bridgehead atoms. The van der Waals surface area contributed by atoms with Crippen molar-refractivity contribution in [1.29, 1.82) is 0 Å². The van der Waals surface area contributed by atoms with Gasteiger partial charge in [-0.3, -0.25) is 4.79 Å². The molecule has 0 amide bonds. The number of hydrogen-bond donors (Lipinski definition) is 0. The zero-order valence-corrected chi connectivity index (χ0v) is 12.4. The Morgan fingerprint density at radius 2 is 1.81 bits per heavy atom. The number of hydrogen-bond acceptors (Lipinski definition) is 6. The molecule has 1 fully saturated rings. The lowest BCUT2D eigenvalue weighted by Crippen LogP contribution is -2.26. The molecule has 0 aromatic heterocycles. The molecular formula is C14H23O7. The predicted molar refractivity (Wildman–Crippen MR) is 70.7 cm³/mol. The van der Waals surface area contributed by atoms with E-state index in [1.54, 1.807) is 6.92 Å². The van der Waals surface area contributed by atoms with Crippen LogP contribution in [-0.2, 0) is 28.8 Å². The van der Waals surface area contributed by atoms with Crippen LogP contribution in [-0.4, -0.2) is 38.4 Å². The van der Waals surface area contributed by atoms with Crippen molar-refractivity contribution in [2.75, 3.05) is 20.0 Å². The zero-order valence-electron chi connectivity index (χ0n) is 12.4. The molecule has 121 valence electrons. The summed E-state index contributed by atoms with van der Waals surface area (Å²) in [5.74, 6) is -0.201. The van der Waals surface area contributed by atoms with E-state index in [1.807, 2.05) is 0 Å². The largest absolute Gasteiger partial charge is 0.510 e. The van der Waals surface area contributed by atoms with Crippen LogP contribution in [0.25, 0.3) is 0 Å². The SMILES string of the molecule is CC(OCCCOC(=O)OC[O])OC(=O)C1CCCCC1. The molecule has 0 aromatic carbocycles. The summed E-state index contributed by atoms with van der Waals surface area (Å²) in [5.41, 5.74) is 0. The first-order valence-corrected chi connectivity index (χ1v) is 7.33. The third-order valence-electron chi connectivity index (χ3n) is 3.26. The van der Waals surface area contributed by atoms with E-state index < -0.39 is 19.2 Å². The second-order valence-electron chi connectivity index (χ2n) is 4.92. The van der Waals surface area contributed by atoms with Crippen molar-refractivity contribution in [3.05, 3.63) is 0 Å². The average molecular weight is 303 g/mol. The minimum Gasteiger partial charge on any atom is -0.436 e. The normalized spacial score (nSPS) is 17.0. The molecule has 7 nitrogen and oxygen atoms in total. The van der Waals surface area contributed by atoms with Crippen LogP contribution < -0.4 is 0 Å². The van der Waals surface area contributed by atoms with Gasteiger partial charge in [0.15, 0.2) is 6.29 Å². The van der Waals surface area contributed by atoms with Crippen molar-refractivity contribution in [2.24, 2.45) is 5.92 Å². The number of esters is 1. The number of carbonyl (C=O) groups excluding carboxylic acids is 2. The Bertz CT molecular complexity index is 312. The van der Waals surface area contributed by atoms with Gasteiger partial charge >= 0.3 is 12.1 Å². The minimum atomic E-state index is -0.984. The van der Waals surface area contributed by atoms with Crippen LogP contribution >= 0.6 is 0 Å². The zero-order chi connectivity index (χ0) is 15.5. The van der Waals surface area contributed by atoms with Gasteiger partial charge in [-0.05, 0) is 19.8 Å². The fourth-order valence-corrected chi connectivity index (χ4v) is 2.19. The van der Waals surface area contributed by atoms with E-state index in [9.17, 15) is 14.7 Å². The molecule has 1 aliphatic rings. The van der Waals surface area contributed by atoms with Gasteiger partial charge in [0.25, 0.3) is 0 Å². The van der Waals surface area contributed by atoms with Gasteiger partial charge in [0.05, 0.1) is 19.1 Å². The Morgan fingerprint density at radius 3 is 2.48 bits per heavy atom. The molecule has 0 heterocycles. The molecule has 1 aliphatic carbocycles. The Labute approximate surface area is 124 Å². The van der Waals surface area contributed by atoms with E-state index in [1.165, 1.54) is 6.42 Å². The molecule has 1 radical (unpaired) electrons. The topological polar surface area (TPSA) is 91.0 Å². The van der Waals surface area contributed by atoms with Crippen molar-refractivity contribution in [3.8, 4) is 0 Å². The van der Waals surface area contributed by atoms with Crippen LogP contribution in [0.1, 0.15) is 45.4 Å². The van der Waals surface area contributed by atoms with Gasteiger partial charge in [-0.25, -0.2) is 4.79 Å². The van der Waals surface area contributed by atoms with Crippen LogP contribution in [0.3, 0.4) is 0 Å². The summed E-state index contributed by atoms with van der Waals surface area (Å²) < 4.78 is 19.2. The van der Waals surface area contributed by atoms with E-state index in [0.717, 1.165) is 25.7 Å². The number of carbonyl (C=O) groups is 2. The molecule has 1 saturated carbocycles. The summed E-state index contributed by atoms with van der Waals surface area (Å²) in [6, 6.07) is 0. The lowest BCUT2D eigenvalue weighted by molar-refractivity contribution is -0.180. The maximum atomic E-state index is 11.8. The molecule has 1 unspecified atom stereocenters. The molecule has 0 N–H and O–H groups in total. The van der Waals surface area contributed by atoms with Crippen LogP contribution in [0.2, 0.25) is 0 Å². The molecule has 0 spiro atoms. The van der Waals surface area contributed by atoms with E-state index in [4.69, 9.17) is 9.47 Å². The third kappa shape index (κ3) is 7.87. The first kappa shape index (κ1) is 17.7. The molecule has 0 saturated heterocycles. The number of ether oxygens (including phenoxy) is 4. The quantitative estimate of drug-likeness (QED) is 0.388. The summed E-state index contributed by atoms with van der Waals surface area (Å²) in [7, 11) is 0. The van der Waals surface area contributed by atoms with Gasteiger partial charge in [0.1, 0.15) is 0 Å². The Kier molecular flexibility index (Phi) is 8.77. The van der Waals surface area contributed by atoms with Crippen LogP contribution in [0.5, 0.6) is 0 Å². The average Bonchev–Trinajstić information content (AvgIpc) is 2.48. The number of rotatable bonds is 8. The van der Waals surface area contributed by atoms with Crippen molar-refractivity contribution in [3.63, 3.8) is 0 Å². The minimum absolute atomic E-state index is 0.00463. The highest BCUT2D eigenvalue weighted by atomic mass is 16.8. The lowest BCUT2D eigenvalue weighted by atomic mass is 9.89. The van der Waals surface area contributed by atoms with Gasteiger partial charge < -0.3 is 18.9 Å². The maximum absolute atomic E-state index is 11.8. The first-order valence-electron chi connectivity index (χ1n) is 7.33. The second kappa shape index (κ2) is 10.4. The fraction of sp³-hybridized carbons (Fsp3) is 0.857. The molecule has 1 atom stereocenters. The monoisotopic (exact) mass is 303 g/mol. The summed E-state index contributed by atoms with van der Waals surface area (Å²) in [5, 5.41) is 9.96. The van der Waals surface area contributed by atoms with Crippen molar-refractivity contribution >= 4 is 12.1 Å². The Balaban J connectivity index is 2.04. The van der Waals surface area contributed by atoms with Crippen LogP contribution in [0, 0.1) is 5.92 Å². The molecule has 1 rings (SSSR count). The summed E-state index contributed by atoms with van der Waals surface area (Å²) in [4.78, 5) is 22.5. The van der Waals surface area contributed by atoms with Crippen molar-refractivity contribution in [2.45, 2.75) is 51.7 Å². The van der Waals surface area contributed by atoms with Gasteiger partial charge in [-0.15, -0.1) is 0 Å². The maximum Gasteiger partial charge on any atom is 0.510 e. The van der Waals surface area contributed by atoms with Gasteiger partial charge in [-0.1, -0.05) is 19.3 Å². The van der Waals surface area contributed by atoms with Crippen LogP contribution in [0.15, 0.2) is 0 Å². The first-order chi connectivity index (χ1) is 10.1. The van der Waals surface area contributed by atoms with E-state index in [-0.39, 0.29) is 25.1 Å². The smallest absolute Gasteiger partial charge is 0.436 e. The van der Waals surface area contributed by atoms with E-state index >= 15 is 0 Å². The summed E-state index contributed by atoms with van der Waals surface area (Å²) in [6.45, 7) is 1.07. The molecule has 0 aromatic rings. The molecular weight excluding hydrogens is 280 g/mol. The third-order valence-corrected chi connectivity index (χ3v) is 3.26. The van der Waals surface area contributed by atoms with Crippen LogP contribution in [0.4, 0.5) is 4.79 Å². The lowest BCUT2D eigenvalue weighted by Gasteiger charge is -2.22. The molecule has 7 heteroatoms. The highest BCUT2D eigenvalue weighted by Crippen LogP contribution is 2.25. The Morgan fingerprint density at radius 1 is 1.10 bits per heavy atom. The van der Waals surface area contributed by atoms with Gasteiger partial charge in [0, 0.05) is 6.42 Å². The second-order valence-corrected chi connectivity index (χ2v) is 4.92. The van der Waals surface area contributed by atoms with E-state index in [2.05, 4.69) is 9.47 Å². The summed E-state index contributed by atoms with van der Waals surface area (Å²) in [6.07, 6.45) is 3.94. The molecule has 21 heavy (non-hydrogen) atoms. The van der Waals surface area contributed by atoms with Gasteiger partial charge in [-0.2, -0.15) is 5.11 Å². The van der Waals surface area contributed by atoms with Gasteiger partial charge in [0.2, 0.25) is 6.79 Å². The van der Waals surface area contributed by atoms with Crippen molar-refractivity contribution in [1.82, 2.24) is 0 Å². The van der Waals surface area contributed by atoms with E-state index in [0.29, 0.717) is 6.42 Å². The standard InChI is InChI=1S/C14H23O7/c1-11(18-8-5-9-19-14(17)20-10-15)21-13(16)12-6-3-2-4-7-12/h11-12H,2-10H2,1H3. The molecule has 0 aliphatic heterocycles. The summed E-state index contributed by atoms with van der Waals surface area (Å²) >= 11 is 0. The van der Waals surface area contributed by atoms with Crippen molar-refractivity contribution < 1.29 is 33.6 Å². The highest BCUT2D eigenvalue weighted by molar-refractivity contribution is 5.72. The Hall–Kier alpha value is -1.34.